The highest BCUT2D eigenvalue weighted by atomic mass is 16.5. The maximum atomic E-state index is 11.4. The zero-order valence-corrected chi connectivity index (χ0v) is 11.7. The average molecular weight is 274 g/mol. The molecule has 0 fully saturated rings. The van der Waals surface area contributed by atoms with Gasteiger partial charge in [-0.2, -0.15) is 5.26 Å². The number of anilines is 1. The molecule has 0 saturated heterocycles. The van der Waals surface area contributed by atoms with E-state index in [0.29, 0.717) is 12.3 Å². The molecular formula is C15H18N2O3. The third-order valence-electron chi connectivity index (χ3n) is 3.32. The Kier molecular flexibility index (Phi) is 4.46. The van der Waals surface area contributed by atoms with Crippen LogP contribution in [0.5, 0.6) is 5.75 Å². The quantitative estimate of drug-likeness (QED) is 0.919. The predicted molar refractivity (Wildman–Crippen MR) is 74.6 cm³/mol. The van der Waals surface area contributed by atoms with Gasteiger partial charge in [0.15, 0.2) is 0 Å². The summed E-state index contributed by atoms with van der Waals surface area (Å²) in [4.78, 5) is 11.4. The molecule has 1 heterocycles. The molecule has 2 atom stereocenters. The van der Waals surface area contributed by atoms with Crippen molar-refractivity contribution in [2.75, 3.05) is 11.9 Å². The fourth-order valence-electron chi connectivity index (χ4n) is 2.21. The zero-order valence-electron chi connectivity index (χ0n) is 11.7. The number of hydrogen-bond donors (Lipinski definition) is 1. The van der Waals surface area contributed by atoms with Gasteiger partial charge in [0.05, 0.1) is 18.6 Å². The number of aryl methyl sites for hydroxylation is 1. The highest BCUT2D eigenvalue weighted by Gasteiger charge is 2.25. The monoisotopic (exact) mass is 274 g/mol. The highest BCUT2D eigenvalue weighted by molar-refractivity contribution is 5.84. The first-order valence-electron chi connectivity index (χ1n) is 6.77. The fourth-order valence-corrected chi connectivity index (χ4v) is 2.21. The van der Waals surface area contributed by atoms with Crippen LogP contribution in [0, 0.1) is 17.2 Å². The Labute approximate surface area is 118 Å². The lowest BCUT2D eigenvalue weighted by Gasteiger charge is -2.27. The molecule has 106 valence electrons. The van der Waals surface area contributed by atoms with Crippen LogP contribution in [0.1, 0.15) is 25.8 Å². The molecule has 20 heavy (non-hydrogen) atoms. The Bertz CT molecular complexity index is 536. The van der Waals surface area contributed by atoms with Crippen LogP contribution < -0.4 is 10.1 Å². The van der Waals surface area contributed by atoms with E-state index in [4.69, 9.17) is 14.7 Å². The van der Waals surface area contributed by atoms with Crippen LogP contribution in [0.3, 0.4) is 0 Å². The second kappa shape index (κ2) is 6.29. The van der Waals surface area contributed by atoms with Crippen LogP contribution in [0.4, 0.5) is 10.5 Å². The van der Waals surface area contributed by atoms with Crippen LogP contribution in [0.15, 0.2) is 18.2 Å². The Morgan fingerprint density at radius 1 is 1.65 bits per heavy atom. The van der Waals surface area contributed by atoms with Crippen LogP contribution in [0.25, 0.3) is 0 Å². The number of nitriles is 1. The van der Waals surface area contributed by atoms with Gasteiger partial charge < -0.3 is 9.47 Å². The summed E-state index contributed by atoms with van der Waals surface area (Å²) in [6, 6.07) is 7.71. The van der Waals surface area contributed by atoms with Crippen molar-refractivity contribution in [3.05, 3.63) is 23.8 Å². The minimum atomic E-state index is -0.458. The van der Waals surface area contributed by atoms with Crippen molar-refractivity contribution in [1.29, 1.82) is 5.26 Å². The van der Waals surface area contributed by atoms with E-state index >= 15 is 0 Å². The molecule has 1 aromatic rings. The Balaban J connectivity index is 2.07. The summed E-state index contributed by atoms with van der Waals surface area (Å²) < 4.78 is 10.7. The van der Waals surface area contributed by atoms with Crippen LogP contribution in [-0.4, -0.2) is 18.8 Å². The first kappa shape index (κ1) is 14.2. The number of nitrogens with zero attached hydrogens (tertiary/aromatic N) is 1. The highest BCUT2D eigenvalue weighted by Crippen LogP contribution is 2.32. The van der Waals surface area contributed by atoms with E-state index in [0.717, 1.165) is 24.2 Å². The standard InChI is InChI=1S/C15H18N2O3/c1-3-19-15(18)17-12-5-7-14-11(8-12)4-6-13(20-14)10(2)9-16/h5,7-8,10,13H,3-4,6H2,1-2H3,(H,17,18). The molecule has 5 heteroatoms. The van der Waals surface area contributed by atoms with Crippen molar-refractivity contribution in [1.82, 2.24) is 0 Å². The molecule has 0 saturated carbocycles. The molecule has 0 aliphatic carbocycles. The van der Waals surface area contributed by atoms with E-state index in [1.54, 1.807) is 13.0 Å². The first-order valence-corrected chi connectivity index (χ1v) is 6.77. The summed E-state index contributed by atoms with van der Waals surface area (Å²) in [5, 5.41) is 11.6. The van der Waals surface area contributed by atoms with Gasteiger partial charge in [-0.05, 0) is 50.5 Å². The number of carbonyl (C=O) groups is 1. The van der Waals surface area contributed by atoms with E-state index in [1.807, 2.05) is 19.1 Å². The molecule has 0 spiro atoms. The minimum Gasteiger partial charge on any atom is -0.489 e. The van der Waals surface area contributed by atoms with Crippen molar-refractivity contribution in [3.63, 3.8) is 0 Å². The number of amides is 1. The van der Waals surface area contributed by atoms with Crippen molar-refractivity contribution < 1.29 is 14.3 Å². The topological polar surface area (TPSA) is 71.3 Å². The summed E-state index contributed by atoms with van der Waals surface area (Å²) in [6.07, 6.45) is 1.13. The van der Waals surface area contributed by atoms with Gasteiger partial charge in [-0.25, -0.2) is 4.79 Å². The molecule has 1 aromatic carbocycles. The molecule has 1 aliphatic rings. The van der Waals surface area contributed by atoms with Crippen LogP contribution >= 0.6 is 0 Å². The maximum Gasteiger partial charge on any atom is 0.411 e. The SMILES string of the molecule is CCOC(=O)Nc1ccc2c(c1)CCC(C(C)C#N)O2. The smallest absolute Gasteiger partial charge is 0.411 e. The molecule has 1 aliphatic heterocycles. The van der Waals surface area contributed by atoms with Crippen molar-refractivity contribution in [2.45, 2.75) is 32.8 Å². The number of ether oxygens (including phenoxy) is 2. The van der Waals surface area contributed by atoms with Gasteiger partial charge >= 0.3 is 6.09 Å². The van der Waals surface area contributed by atoms with Gasteiger partial charge in [0.25, 0.3) is 0 Å². The number of rotatable bonds is 3. The van der Waals surface area contributed by atoms with Crippen molar-refractivity contribution in [2.24, 2.45) is 5.92 Å². The van der Waals surface area contributed by atoms with Crippen LogP contribution in [0.2, 0.25) is 0 Å². The second-order valence-electron chi connectivity index (χ2n) is 4.78. The third-order valence-corrected chi connectivity index (χ3v) is 3.32. The number of hydrogen-bond acceptors (Lipinski definition) is 4. The molecule has 2 unspecified atom stereocenters. The summed E-state index contributed by atoms with van der Waals surface area (Å²) in [5.41, 5.74) is 1.73. The lowest BCUT2D eigenvalue weighted by atomic mass is 9.95. The number of benzene rings is 1. The van der Waals surface area contributed by atoms with E-state index in [9.17, 15) is 4.79 Å². The van der Waals surface area contributed by atoms with Gasteiger partial charge in [-0.1, -0.05) is 0 Å². The predicted octanol–water partition coefficient (Wildman–Crippen LogP) is 3.11. The summed E-state index contributed by atoms with van der Waals surface area (Å²) in [6.45, 7) is 3.97. The molecule has 0 aromatic heterocycles. The fraction of sp³-hybridized carbons (Fsp3) is 0.467. The summed E-state index contributed by atoms with van der Waals surface area (Å²) in [7, 11) is 0. The largest absolute Gasteiger partial charge is 0.489 e. The van der Waals surface area contributed by atoms with Crippen molar-refractivity contribution in [3.8, 4) is 11.8 Å². The van der Waals surface area contributed by atoms with Crippen LogP contribution in [-0.2, 0) is 11.2 Å². The summed E-state index contributed by atoms with van der Waals surface area (Å²) in [5.74, 6) is 0.665. The minimum absolute atomic E-state index is 0.0589. The lowest BCUT2D eigenvalue weighted by molar-refractivity contribution is 0.141. The van der Waals surface area contributed by atoms with E-state index in [1.165, 1.54) is 0 Å². The molecular weight excluding hydrogens is 256 g/mol. The maximum absolute atomic E-state index is 11.4. The number of nitrogens with one attached hydrogen (secondary N) is 1. The molecule has 1 amide bonds. The van der Waals surface area contributed by atoms with E-state index < -0.39 is 6.09 Å². The van der Waals surface area contributed by atoms with Gasteiger partial charge in [0, 0.05) is 5.69 Å². The molecule has 2 rings (SSSR count). The van der Waals surface area contributed by atoms with E-state index in [2.05, 4.69) is 11.4 Å². The first-order chi connectivity index (χ1) is 9.63. The Hall–Kier alpha value is -2.22. The summed E-state index contributed by atoms with van der Waals surface area (Å²) >= 11 is 0. The molecule has 1 N–H and O–H groups in total. The zero-order chi connectivity index (χ0) is 14.5. The Morgan fingerprint density at radius 2 is 2.45 bits per heavy atom. The third kappa shape index (κ3) is 3.21. The Morgan fingerprint density at radius 3 is 3.15 bits per heavy atom. The second-order valence-corrected chi connectivity index (χ2v) is 4.78. The van der Waals surface area contributed by atoms with Crippen molar-refractivity contribution >= 4 is 11.8 Å². The normalized spacial score (nSPS) is 18.1. The number of carbonyl (C=O) groups excluding carboxylic acids is 1. The molecule has 5 nitrogen and oxygen atoms in total. The van der Waals surface area contributed by atoms with E-state index in [-0.39, 0.29) is 12.0 Å². The number of fused-ring (bicyclic) bond motifs is 1. The molecule has 0 radical (unpaired) electrons. The van der Waals surface area contributed by atoms with Gasteiger partial charge in [0.2, 0.25) is 0 Å². The van der Waals surface area contributed by atoms with Gasteiger partial charge in [-0.3, -0.25) is 5.32 Å². The molecule has 0 bridgehead atoms. The van der Waals surface area contributed by atoms with Gasteiger partial charge in [-0.15, -0.1) is 0 Å². The average Bonchev–Trinajstić information content (AvgIpc) is 2.46. The van der Waals surface area contributed by atoms with Gasteiger partial charge in [0.1, 0.15) is 11.9 Å². The lowest BCUT2D eigenvalue weighted by Crippen LogP contribution is -2.28.